The molecule has 0 aliphatic heterocycles. The smallest absolute Gasteiger partial charge is 0.255 e. The highest BCUT2D eigenvalue weighted by molar-refractivity contribution is 6.08. The van der Waals surface area contributed by atoms with Gasteiger partial charge in [-0.05, 0) is 36.2 Å². The van der Waals surface area contributed by atoms with Crippen LogP contribution >= 0.6 is 0 Å². The van der Waals surface area contributed by atoms with E-state index in [4.69, 9.17) is 4.74 Å². The summed E-state index contributed by atoms with van der Waals surface area (Å²) in [5, 5.41) is 10.9. The highest BCUT2D eigenvalue weighted by Gasteiger charge is 2.10. The number of benzene rings is 2. The Morgan fingerprint density at radius 3 is 2.73 bits per heavy atom. The third-order valence-corrected chi connectivity index (χ3v) is 3.61. The van der Waals surface area contributed by atoms with Gasteiger partial charge in [-0.25, -0.2) is 0 Å². The maximum atomic E-state index is 12.4. The molecular formula is C17H17N3O2. The minimum Gasteiger partial charge on any atom is -0.380 e. The Kier molecular flexibility index (Phi) is 3.89. The topological polar surface area (TPSA) is 67.0 Å². The summed E-state index contributed by atoms with van der Waals surface area (Å²) in [6.07, 6.45) is 1.76. The number of hydrogen-bond acceptors (Lipinski definition) is 3. The summed E-state index contributed by atoms with van der Waals surface area (Å²) in [7, 11) is 1.65. The quantitative estimate of drug-likeness (QED) is 0.776. The van der Waals surface area contributed by atoms with Gasteiger partial charge in [-0.15, -0.1) is 0 Å². The van der Waals surface area contributed by atoms with E-state index in [9.17, 15) is 4.79 Å². The predicted molar refractivity (Wildman–Crippen MR) is 85.9 cm³/mol. The van der Waals surface area contributed by atoms with Crippen molar-refractivity contribution in [1.82, 2.24) is 10.2 Å². The van der Waals surface area contributed by atoms with E-state index in [-0.39, 0.29) is 5.91 Å². The number of amides is 1. The Bertz CT molecular complexity index is 806. The van der Waals surface area contributed by atoms with Gasteiger partial charge in [0.15, 0.2) is 0 Å². The van der Waals surface area contributed by atoms with Crippen LogP contribution in [0.1, 0.15) is 21.5 Å². The van der Waals surface area contributed by atoms with Gasteiger partial charge in [0.1, 0.15) is 0 Å². The number of fused-ring (bicyclic) bond motifs is 1. The molecule has 1 aromatic heterocycles. The number of aryl methyl sites for hydroxylation is 1. The molecule has 0 saturated carbocycles. The Labute approximate surface area is 128 Å². The summed E-state index contributed by atoms with van der Waals surface area (Å²) in [6.45, 7) is 2.55. The van der Waals surface area contributed by atoms with Crippen LogP contribution in [0, 0.1) is 6.92 Å². The zero-order valence-electron chi connectivity index (χ0n) is 12.5. The van der Waals surface area contributed by atoms with E-state index in [1.807, 2.05) is 31.2 Å². The number of aromatic nitrogens is 2. The zero-order chi connectivity index (χ0) is 15.5. The Morgan fingerprint density at radius 2 is 2.00 bits per heavy atom. The van der Waals surface area contributed by atoms with Crippen LogP contribution in [0.25, 0.3) is 10.9 Å². The average molecular weight is 295 g/mol. The summed E-state index contributed by atoms with van der Waals surface area (Å²) in [5.41, 5.74) is 4.32. The lowest BCUT2D eigenvalue weighted by Gasteiger charge is -2.08. The molecule has 0 spiro atoms. The van der Waals surface area contributed by atoms with Gasteiger partial charge >= 0.3 is 0 Å². The fourth-order valence-corrected chi connectivity index (χ4v) is 2.39. The number of nitrogens with one attached hydrogen (secondary N) is 2. The van der Waals surface area contributed by atoms with E-state index < -0.39 is 0 Å². The maximum absolute atomic E-state index is 12.4. The molecule has 0 atom stereocenters. The van der Waals surface area contributed by atoms with Crippen LogP contribution in [0.2, 0.25) is 0 Å². The molecule has 5 nitrogen and oxygen atoms in total. The van der Waals surface area contributed by atoms with E-state index in [1.165, 1.54) is 0 Å². The van der Waals surface area contributed by atoms with Crippen molar-refractivity contribution in [2.24, 2.45) is 0 Å². The fourth-order valence-electron chi connectivity index (χ4n) is 2.39. The highest BCUT2D eigenvalue weighted by Crippen LogP contribution is 2.24. The minimum atomic E-state index is -0.149. The molecule has 0 saturated heterocycles. The Hall–Kier alpha value is -2.66. The second-order valence-corrected chi connectivity index (χ2v) is 5.17. The first-order chi connectivity index (χ1) is 10.7. The lowest BCUT2D eigenvalue weighted by atomic mass is 10.1. The minimum absolute atomic E-state index is 0.149. The van der Waals surface area contributed by atoms with Crippen molar-refractivity contribution in [1.29, 1.82) is 0 Å². The second kappa shape index (κ2) is 5.99. The molecule has 0 bridgehead atoms. The number of ether oxygens (including phenoxy) is 1. The van der Waals surface area contributed by atoms with Crippen molar-refractivity contribution in [3.05, 3.63) is 59.3 Å². The zero-order valence-corrected chi connectivity index (χ0v) is 12.5. The number of anilines is 1. The molecule has 1 amide bonds. The third-order valence-electron chi connectivity index (χ3n) is 3.61. The number of hydrogen-bond donors (Lipinski definition) is 2. The lowest BCUT2D eigenvalue weighted by molar-refractivity contribution is 0.102. The van der Waals surface area contributed by atoms with Crippen LogP contribution in [0.4, 0.5) is 5.69 Å². The molecule has 112 valence electrons. The summed E-state index contributed by atoms with van der Waals surface area (Å²) in [4.78, 5) is 12.4. The van der Waals surface area contributed by atoms with Gasteiger partial charge in [0.05, 0.1) is 24.0 Å². The summed E-state index contributed by atoms with van der Waals surface area (Å²) < 4.78 is 5.06. The van der Waals surface area contributed by atoms with Crippen molar-refractivity contribution < 1.29 is 9.53 Å². The first kappa shape index (κ1) is 14.3. The maximum Gasteiger partial charge on any atom is 0.255 e. The molecule has 3 aromatic rings. The first-order valence-corrected chi connectivity index (χ1v) is 7.01. The monoisotopic (exact) mass is 295 g/mol. The molecule has 1 heterocycles. The first-order valence-electron chi connectivity index (χ1n) is 7.01. The SMILES string of the molecule is COCc1ccc(C(=O)Nc2ccc(C)c3cn[nH]c23)cc1. The summed E-state index contributed by atoms with van der Waals surface area (Å²) >= 11 is 0. The van der Waals surface area contributed by atoms with E-state index >= 15 is 0 Å². The number of carbonyl (C=O) groups is 1. The standard InChI is InChI=1S/C17H17N3O2/c1-11-3-8-15(16-14(11)9-18-20-16)19-17(21)13-6-4-12(5-7-13)10-22-2/h3-9H,10H2,1-2H3,(H,18,20)(H,19,21). The Balaban J connectivity index is 1.83. The van der Waals surface area contributed by atoms with Crippen molar-refractivity contribution in [2.75, 3.05) is 12.4 Å². The lowest BCUT2D eigenvalue weighted by Crippen LogP contribution is -2.12. The number of rotatable bonds is 4. The molecule has 5 heteroatoms. The van der Waals surface area contributed by atoms with Gasteiger partial charge in [0.25, 0.3) is 5.91 Å². The normalized spacial score (nSPS) is 10.8. The number of carbonyl (C=O) groups excluding carboxylic acids is 1. The molecule has 0 radical (unpaired) electrons. The molecule has 0 fully saturated rings. The van der Waals surface area contributed by atoms with E-state index in [1.54, 1.807) is 25.4 Å². The number of H-pyrrole nitrogens is 1. The van der Waals surface area contributed by atoms with Crippen LogP contribution in [-0.2, 0) is 11.3 Å². The number of aromatic amines is 1. The van der Waals surface area contributed by atoms with Gasteiger partial charge in [0.2, 0.25) is 0 Å². The Morgan fingerprint density at radius 1 is 1.23 bits per heavy atom. The van der Waals surface area contributed by atoms with Crippen LogP contribution in [0.15, 0.2) is 42.6 Å². The molecule has 0 unspecified atom stereocenters. The second-order valence-electron chi connectivity index (χ2n) is 5.17. The van der Waals surface area contributed by atoms with Crippen molar-refractivity contribution in [3.63, 3.8) is 0 Å². The van der Waals surface area contributed by atoms with Gasteiger partial charge in [-0.1, -0.05) is 18.2 Å². The molecule has 2 N–H and O–H groups in total. The molecule has 3 rings (SSSR count). The largest absolute Gasteiger partial charge is 0.380 e. The molecule has 22 heavy (non-hydrogen) atoms. The van der Waals surface area contributed by atoms with Crippen LogP contribution in [0.5, 0.6) is 0 Å². The van der Waals surface area contributed by atoms with E-state index in [0.29, 0.717) is 12.2 Å². The fraction of sp³-hybridized carbons (Fsp3) is 0.176. The highest BCUT2D eigenvalue weighted by atomic mass is 16.5. The van der Waals surface area contributed by atoms with Crippen molar-refractivity contribution >= 4 is 22.5 Å². The average Bonchev–Trinajstić information content (AvgIpc) is 3.02. The van der Waals surface area contributed by atoms with Gasteiger partial charge < -0.3 is 10.1 Å². The molecule has 0 aliphatic carbocycles. The van der Waals surface area contributed by atoms with Crippen LogP contribution < -0.4 is 5.32 Å². The number of methoxy groups -OCH3 is 1. The van der Waals surface area contributed by atoms with Gasteiger partial charge in [0, 0.05) is 18.1 Å². The molecular weight excluding hydrogens is 278 g/mol. The number of nitrogens with zero attached hydrogens (tertiary/aromatic N) is 1. The van der Waals surface area contributed by atoms with E-state index in [2.05, 4.69) is 15.5 Å². The summed E-state index contributed by atoms with van der Waals surface area (Å²) in [5.74, 6) is -0.149. The summed E-state index contributed by atoms with van der Waals surface area (Å²) in [6, 6.07) is 11.2. The third kappa shape index (κ3) is 2.71. The van der Waals surface area contributed by atoms with Crippen molar-refractivity contribution in [2.45, 2.75) is 13.5 Å². The van der Waals surface area contributed by atoms with Crippen LogP contribution in [-0.4, -0.2) is 23.2 Å². The predicted octanol–water partition coefficient (Wildman–Crippen LogP) is 3.27. The van der Waals surface area contributed by atoms with Gasteiger partial charge in [-0.3, -0.25) is 9.89 Å². The van der Waals surface area contributed by atoms with Crippen molar-refractivity contribution in [3.8, 4) is 0 Å². The van der Waals surface area contributed by atoms with Gasteiger partial charge in [-0.2, -0.15) is 5.10 Å². The molecule has 0 aliphatic rings. The van der Waals surface area contributed by atoms with E-state index in [0.717, 1.165) is 27.7 Å². The van der Waals surface area contributed by atoms with Crippen LogP contribution in [0.3, 0.4) is 0 Å². The molecule has 2 aromatic carbocycles.